The molecule has 3 N–H and O–H groups in total. The highest BCUT2D eigenvalue weighted by Gasteiger charge is 2.26. The van der Waals surface area contributed by atoms with E-state index < -0.39 is 12.7 Å². The van der Waals surface area contributed by atoms with E-state index in [1.165, 1.54) is 6.42 Å². The van der Waals surface area contributed by atoms with Gasteiger partial charge in [-0.15, -0.1) is 0 Å². The third-order valence-electron chi connectivity index (χ3n) is 2.39. The highest BCUT2D eigenvalue weighted by molar-refractivity contribution is 5.78. The quantitative estimate of drug-likeness (QED) is 0.554. The van der Waals surface area contributed by atoms with Crippen molar-refractivity contribution in [3.05, 3.63) is 0 Å². The van der Waals surface area contributed by atoms with Gasteiger partial charge in [-0.2, -0.15) is 13.2 Å². The van der Waals surface area contributed by atoms with Crippen LogP contribution < -0.4 is 11.1 Å². The smallest absolute Gasteiger partial charge is 0.370 e. The molecular weight excluding hydrogens is 207 g/mol. The molecule has 0 spiro atoms. The Morgan fingerprint density at radius 3 is 2.40 bits per heavy atom. The number of nitrogens with one attached hydrogen (secondary N) is 1. The fourth-order valence-corrected chi connectivity index (χ4v) is 1.68. The summed E-state index contributed by atoms with van der Waals surface area (Å²) in [6, 6.07) is 0.190. The number of guanidine groups is 1. The Bertz CT molecular complexity index is 219. The maximum absolute atomic E-state index is 11.8. The lowest BCUT2D eigenvalue weighted by Gasteiger charge is -2.23. The fourth-order valence-electron chi connectivity index (χ4n) is 1.68. The van der Waals surface area contributed by atoms with Crippen molar-refractivity contribution in [3.8, 4) is 0 Å². The van der Waals surface area contributed by atoms with Crippen LogP contribution in [-0.2, 0) is 0 Å². The Hall–Kier alpha value is -0.940. The minimum atomic E-state index is -4.28. The van der Waals surface area contributed by atoms with Crippen molar-refractivity contribution in [2.24, 2.45) is 10.7 Å². The number of nitrogens with two attached hydrogens (primary N) is 1. The van der Waals surface area contributed by atoms with Crippen molar-refractivity contribution >= 4 is 5.96 Å². The molecule has 1 rings (SSSR count). The molecule has 0 atom stereocenters. The Labute approximate surface area is 86.9 Å². The maximum Gasteiger partial charge on any atom is 0.408 e. The second-order valence-corrected chi connectivity index (χ2v) is 3.80. The summed E-state index contributed by atoms with van der Waals surface area (Å²) in [5, 5.41) is 2.82. The van der Waals surface area contributed by atoms with Gasteiger partial charge in [0.25, 0.3) is 0 Å². The molecule has 15 heavy (non-hydrogen) atoms. The van der Waals surface area contributed by atoms with Crippen molar-refractivity contribution in [1.82, 2.24) is 5.32 Å². The Morgan fingerprint density at radius 1 is 1.27 bits per heavy atom. The van der Waals surface area contributed by atoms with Crippen LogP contribution in [0.5, 0.6) is 0 Å². The van der Waals surface area contributed by atoms with Crippen molar-refractivity contribution in [3.63, 3.8) is 0 Å². The summed E-state index contributed by atoms with van der Waals surface area (Å²) in [6.07, 6.45) is 1.04. The topological polar surface area (TPSA) is 50.4 Å². The third kappa shape index (κ3) is 5.49. The lowest BCUT2D eigenvalue weighted by atomic mass is 9.96. The first-order valence-electron chi connectivity index (χ1n) is 5.10. The van der Waals surface area contributed by atoms with E-state index >= 15 is 0 Å². The molecule has 0 aromatic heterocycles. The first-order chi connectivity index (χ1) is 6.97. The number of alkyl halides is 3. The van der Waals surface area contributed by atoms with Gasteiger partial charge in [0.15, 0.2) is 5.96 Å². The van der Waals surface area contributed by atoms with Gasteiger partial charge in [-0.05, 0) is 12.8 Å². The van der Waals surface area contributed by atoms with Gasteiger partial charge in [-0.1, -0.05) is 19.3 Å². The van der Waals surface area contributed by atoms with Crippen molar-refractivity contribution in [2.75, 3.05) is 6.54 Å². The highest BCUT2D eigenvalue weighted by atomic mass is 19.4. The van der Waals surface area contributed by atoms with Gasteiger partial charge in [0, 0.05) is 6.04 Å². The Kier molecular flexibility index (Phi) is 4.23. The van der Waals surface area contributed by atoms with Gasteiger partial charge < -0.3 is 11.1 Å². The van der Waals surface area contributed by atoms with Crippen LogP contribution in [0.15, 0.2) is 4.99 Å². The van der Waals surface area contributed by atoms with Gasteiger partial charge in [0.05, 0.1) is 0 Å². The number of halogens is 3. The predicted octanol–water partition coefficient (Wildman–Crippen LogP) is 1.79. The minimum absolute atomic E-state index is 0.0979. The molecule has 1 saturated carbocycles. The van der Waals surface area contributed by atoms with Crippen LogP contribution in [-0.4, -0.2) is 24.7 Å². The van der Waals surface area contributed by atoms with Crippen molar-refractivity contribution in [1.29, 1.82) is 0 Å². The third-order valence-corrected chi connectivity index (χ3v) is 2.39. The second-order valence-electron chi connectivity index (χ2n) is 3.80. The summed E-state index contributed by atoms with van der Waals surface area (Å²) >= 11 is 0. The van der Waals surface area contributed by atoms with E-state index in [9.17, 15) is 13.2 Å². The van der Waals surface area contributed by atoms with Crippen molar-refractivity contribution < 1.29 is 13.2 Å². The zero-order valence-electron chi connectivity index (χ0n) is 8.48. The average molecular weight is 223 g/mol. The van der Waals surface area contributed by atoms with Crippen LogP contribution in [0.4, 0.5) is 13.2 Å². The van der Waals surface area contributed by atoms with Crippen LogP contribution in [0, 0.1) is 0 Å². The largest absolute Gasteiger partial charge is 0.408 e. The number of hydrogen-bond donors (Lipinski definition) is 2. The number of aliphatic imine (C=N–C) groups is 1. The first kappa shape index (κ1) is 12.1. The monoisotopic (exact) mass is 223 g/mol. The summed E-state index contributed by atoms with van der Waals surface area (Å²) in [7, 11) is 0. The van der Waals surface area contributed by atoms with Crippen LogP contribution in [0.1, 0.15) is 32.1 Å². The standard InChI is InChI=1S/C9H16F3N3/c10-9(11,12)6-14-8(13)15-7-4-2-1-3-5-7/h7H,1-6H2,(H3,13,14,15). The van der Waals surface area contributed by atoms with Crippen LogP contribution in [0.25, 0.3) is 0 Å². The lowest BCUT2D eigenvalue weighted by Crippen LogP contribution is -2.41. The predicted molar refractivity (Wildman–Crippen MR) is 52.6 cm³/mol. The molecule has 3 nitrogen and oxygen atoms in total. The van der Waals surface area contributed by atoms with Crippen LogP contribution in [0.3, 0.4) is 0 Å². The zero-order chi connectivity index (χ0) is 11.3. The lowest BCUT2D eigenvalue weighted by molar-refractivity contribution is -0.118. The molecule has 0 heterocycles. The SMILES string of the molecule is NC(=NCC(F)(F)F)NC1CCCCC1. The number of rotatable bonds is 2. The molecule has 6 heteroatoms. The molecular formula is C9H16F3N3. The molecule has 0 aliphatic heterocycles. The molecule has 1 fully saturated rings. The molecule has 1 aliphatic carbocycles. The van der Waals surface area contributed by atoms with Gasteiger partial charge in [0.2, 0.25) is 0 Å². The van der Waals surface area contributed by atoms with Crippen molar-refractivity contribution in [2.45, 2.75) is 44.3 Å². The molecule has 1 aliphatic rings. The Morgan fingerprint density at radius 2 is 1.87 bits per heavy atom. The molecule has 0 aromatic rings. The van der Waals surface area contributed by atoms with Crippen LogP contribution in [0.2, 0.25) is 0 Å². The maximum atomic E-state index is 11.8. The summed E-state index contributed by atoms with van der Waals surface area (Å²) in [6.45, 7) is -1.21. The summed E-state index contributed by atoms with van der Waals surface area (Å²) < 4.78 is 35.4. The van der Waals surface area contributed by atoms with Gasteiger partial charge in [-0.3, -0.25) is 0 Å². The van der Waals surface area contributed by atoms with Gasteiger partial charge in [0.1, 0.15) is 6.54 Å². The molecule has 0 aromatic carbocycles. The van der Waals surface area contributed by atoms with E-state index in [-0.39, 0.29) is 12.0 Å². The van der Waals surface area contributed by atoms with E-state index in [4.69, 9.17) is 5.73 Å². The van der Waals surface area contributed by atoms with Crippen LogP contribution >= 0.6 is 0 Å². The van der Waals surface area contributed by atoms with Gasteiger partial charge >= 0.3 is 6.18 Å². The summed E-state index contributed by atoms with van der Waals surface area (Å²) in [4.78, 5) is 3.25. The molecule has 0 bridgehead atoms. The molecule has 0 unspecified atom stereocenters. The normalized spacial score (nSPS) is 20.3. The van der Waals surface area contributed by atoms with E-state index in [1.54, 1.807) is 0 Å². The van der Waals surface area contributed by atoms with E-state index in [1.807, 2.05) is 0 Å². The van der Waals surface area contributed by atoms with E-state index in [2.05, 4.69) is 10.3 Å². The average Bonchev–Trinajstić information content (AvgIpc) is 2.15. The zero-order valence-corrected chi connectivity index (χ0v) is 8.48. The molecule has 0 amide bonds. The second kappa shape index (κ2) is 5.23. The highest BCUT2D eigenvalue weighted by Crippen LogP contribution is 2.17. The molecule has 0 radical (unpaired) electrons. The van der Waals surface area contributed by atoms with E-state index in [0.29, 0.717) is 0 Å². The molecule has 0 saturated heterocycles. The van der Waals surface area contributed by atoms with Gasteiger partial charge in [-0.25, -0.2) is 4.99 Å². The Balaban J connectivity index is 2.30. The number of hydrogen-bond acceptors (Lipinski definition) is 1. The minimum Gasteiger partial charge on any atom is -0.370 e. The fraction of sp³-hybridized carbons (Fsp3) is 0.889. The molecule has 88 valence electrons. The number of nitrogens with zero attached hydrogens (tertiary/aromatic N) is 1. The van der Waals surface area contributed by atoms with E-state index in [0.717, 1.165) is 25.7 Å². The summed E-state index contributed by atoms with van der Waals surface area (Å²) in [5.41, 5.74) is 5.35. The first-order valence-corrected chi connectivity index (χ1v) is 5.10. The summed E-state index contributed by atoms with van der Waals surface area (Å²) in [5.74, 6) is -0.0979.